The number of hydrogen-bond acceptors (Lipinski definition) is 7. The lowest BCUT2D eigenvalue weighted by Crippen LogP contribution is -2.44. The maximum absolute atomic E-state index is 14.8. The fourth-order valence-electron chi connectivity index (χ4n) is 4.12. The van der Waals surface area contributed by atoms with E-state index in [9.17, 15) is 26.7 Å². The average molecular weight is 530 g/mol. The minimum atomic E-state index is -3.00. The largest absolute Gasteiger partial charge is 0.467 e. The number of rotatable bonds is 10. The first-order valence-electron chi connectivity index (χ1n) is 11.7. The van der Waals surface area contributed by atoms with E-state index in [4.69, 9.17) is 14.2 Å². The van der Waals surface area contributed by atoms with E-state index in [-0.39, 0.29) is 54.7 Å². The standard InChI is InChI=1S/C24H27F5N4O4/c1-11(20(34)33-24(7-8-24)22(28)29)17-15(21-36-9-10-37-21)19(32-23(31-17)35-3)30-12(2)13-5-4-6-14(16(13)25)18(26)27/h4-6,11-12,18,21-22H,7-10H2,1-3H3,(H,33,34)(H,30,31,32)/t11?,12-/m1/s1. The third-order valence-corrected chi connectivity index (χ3v) is 6.49. The summed E-state index contributed by atoms with van der Waals surface area (Å²) in [6, 6.07) is 2.64. The molecule has 37 heavy (non-hydrogen) atoms. The van der Waals surface area contributed by atoms with Crippen molar-refractivity contribution in [1.29, 1.82) is 0 Å². The van der Waals surface area contributed by atoms with Gasteiger partial charge in [0.05, 0.1) is 49.1 Å². The van der Waals surface area contributed by atoms with Gasteiger partial charge in [0.25, 0.3) is 12.9 Å². The van der Waals surface area contributed by atoms with Gasteiger partial charge in [-0.2, -0.15) is 9.97 Å². The lowest BCUT2D eigenvalue weighted by Gasteiger charge is -2.25. The Balaban J connectivity index is 1.73. The average Bonchev–Trinajstić information content (AvgIpc) is 3.45. The van der Waals surface area contributed by atoms with E-state index in [0.717, 1.165) is 6.07 Å². The summed E-state index contributed by atoms with van der Waals surface area (Å²) in [6.07, 6.45) is -6.43. The topological polar surface area (TPSA) is 94.6 Å². The van der Waals surface area contributed by atoms with E-state index in [2.05, 4.69) is 20.6 Å². The highest BCUT2D eigenvalue weighted by molar-refractivity contribution is 5.84. The van der Waals surface area contributed by atoms with Gasteiger partial charge in [0.2, 0.25) is 5.91 Å². The molecule has 202 valence electrons. The van der Waals surface area contributed by atoms with Gasteiger partial charge in [-0.3, -0.25) is 4.79 Å². The number of halogens is 5. The first-order chi connectivity index (χ1) is 17.6. The van der Waals surface area contributed by atoms with Gasteiger partial charge in [-0.15, -0.1) is 0 Å². The van der Waals surface area contributed by atoms with E-state index < -0.39 is 53.9 Å². The highest BCUT2D eigenvalue weighted by Crippen LogP contribution is 2.42. The van der Waals surface area contributed by atoms with Crippen LogP contribution >= 0.6 is 0 Å². The van der Waals surface area contributed by atoms with Crippen molar-refractivity contribution in [3.8, 4) is 6.01 Å². The molecule has 2 heterocycles. The highest BCUT2D eigenvalue weighted by Gasteiger charge is 2.53. The quantitative estimate of drug-likeness (QED) is 0.427. The van der Waals surface area contributed by atoms with Gasteiger partial charge in [-0.25, -0.2) is 22.0 Å². The third-order valence-electron chi connectivity index (χ3n) is 6.49. The van der Waals surface area contributed by atoms with Gasteiger partial charge in [-0.1, -0.05) is 18.2 Å². The Kier molecular flexibility index (Phi) is 7.83. The number of methoxy groups -OCH3 is 1. The molecule has 2 fully saturated rings. The Bertz CT molecular complexity index is 1140. The van der Waals surface area contributed by atoms with Crippen LogP contribution in [0.4, 0.5) is 27.8 Å². The van der Waals surface area contributed by atoms with Crippen LogP contribution in [0.2, 0.25) is 0 Å². The fraction of sp³-hybridized carbons (Fsp3) is 0.542. The monoisotopic (exact) mass is 530 g/mol. The summed E-state index contributed by atoms with van der Waals surface area (Å²) in [7, 11) is 1.29. The number of hydrogen-bond donors (Lipinski definition) is 2. The van der Waals surface area contributed by atoms with Crippen LogP contribution in [0.25, 0.3) is 0 Å². The molecule has 0 spiro atoms. The molecule has 1 aliphatic carbocycles. The Morgan fingerprint density at radius 3 is 2.32 bits per heavy atom. The molecule has 1 aromatic heterocycles. The van der Waals surface area contributed by atoms with Gasteiger partial charge in [0.15, 0.2) is 6.29 Å². The second kappa shape index (κ2) is 10.7. The number of carbonyl (C=O) groups excluding carboxylic acids is 1. The second-order valence-electron chi connectivity index (χ2n) is 9.02. The summed E-state index contributed by atoms with van der Waals surface area (Å²) < 4.78 is 84.6. The molecule has 8 nitrogen and oxygen atoms in total. The van der Waals surface area contributed by atoms with Crippen molar-refractivity contribution < 1.29 is 41.0 Å². The molecule has 2 aliphatic rings. The number of nitrogens with one attached hydrogen (secondary N) is 2. The molecule has 1 saturated heterocycles. The van der Waals surface area contributed by atoms with Crippen LogP contribution in [-0.2, 0) is 14.3 Å². The van der Waals surface area contributed by atoms with Gasteiger partial charge >= 0.3 is 6.01 Å². The van der Waals surface area contributed by atoms with Crippen molar-refractivity contribution in [3.63, 3.8) is 0 Å². The maximum Gasteiger partial charge on any atom is 0.318 e. The molecule has 2 aromatic rings. The van der Waals surface area contributed by atoms with Crippen LogP contribution < -0.4 is 15.4 Å². The molecule has 1 aliphatic heterocycles. The van der Waals surface area contributed by atoms with Crippen molar-refractivity contribution in [2.75, 3.05) is 25.6 Å². The molecule has 2 N–H and O–H groups in total. The predicted octanol–water partition coefficient (Wildman–Crippen LogP) is 4.80. The van der Waals surface area contributed by atoms with Crippen LogP contribution in [0.1, 0.15) is 73.7 Å². The smallest absolute Gasteiger partial charge is 0.318 e. The van der Waals surface area contributed by atoms with Crippen molar-refractivity contribution in [1.82, 2.24) is 15.3 Å². The fourth-order valence-corrected chi connectivity index (χ4v) is 4.12. The lowest BCUT2D eigenvalue weighted by atomic mass is 9.99. The highest BCUT2D eigenvalue weighted by atomic mass is 19.3. The van der Waals surface area contributed by atoms with Gasteiger partial charge < -0.3 is 24.8 Å². The van der Waals surface area contributed by atoms with Crippen LogP contribution in [-0.4, -0.2) is 48.2 Å². The first kappa shape index (κ1) is 27.0. The van der Waals surface area contributed by atoms with E-state index in [1.54, 1.807) is 0 Å². The number of nitrogens with zero attached hydrogens (tertiary/aromatic N) is 2. The third kappa shape index (κ3) is 5.47. The summed E-state index contributed by atoms with van der Waals surface area (Å²) in [5.74, 6) is -2.75. The normalized spacial score (nSPS) is 18.6. The summed E-state index contributed by atoms with van der Waals surface area (Å²) in [5.41, 5.74) is -2.06. The van der Waals surface area contributed by atoms with E-state index in [0.29, 0.717) is 0 Å². The van der Waals surface area contributed by atoms with Gasteiger partial charge in [0.1, 0.15) is 17.2 Å². The van der Waals surface area contributed by atoms with Crippen LogP contribution in [0.3, 0.4) is 0 Å². The van der Waals surface area contributed by atoms with Crippen LogP contribution in [0.5, 0.6) is 6.01 Å². The van der Waals surface area contributed by atoms with Crippen LogP contribution in [0.15, 0.2) is 18.2 Å². The van der Waals surface area contributed by atoms with Crippen molar-refractivity contribution in [2.24, 2.45) is 0 Å². The molecule has 4 rings (SSSR count). The molecule has 1 unspecified atom stereocenters. The Morgan fingerprint density at radius 2 is 1.76 bits per heavy atom. The number of anilines is 1. The molecule has 0 bridgehead atoms. The SMILES string of the molecule is COc1nc(N[C@H](C)c2cccc(C(F)F)c2F)c(C2OCCO2)c(C(C)C(=O)NC2(C(F)F)CC2)n1. The summed E-state index contributed by atoms with van der Waals surface area (Å²) in [4.78, 5) is 21.6. The predicted molar refractivity (Wildman–Crippen MR) is 121 cm³/mol. The minimum Gasteiger partial charge on any atom is -0.467 e. The van der Waals surface area contributed by atoms with Crippen molar-refractivity contribution >= 4 is 11.7 Å². The van der Waals surface area contributed by atoms with E-state index >= 15 is 0 Å². The summed E-state index contributed by atoms with van der Waals surface area (Å²) in [6.45, 7) is 3.48. The van der Waals surface area contributed by atoms with Crippen molar-refractivity contribution in [3.05, 3.63) is 46.4 Å². The molecule has 2 atom stereocenters. The molecule has 1 aromatic carbocycles. The first-order valence-corrected chi connectivity index (χ1v) is 11.7. The molecule has 1 saturated carbocycles. The number of aromatic nitrogens is 2. The van der Waals surface area contributed by atoms with E-state index in [1.165, 1.54) is 33.1 Å². The molecule has 13 heteroatoms. The second-order valence-corrected chi connectivity index (χ2v) is 9.02. The van der Waals surface area contributed by atoms with Crippen LogP contribution in [0, 0.1) is 5.82 Å². The summed E-state index contributed by atoms with van der Waals surface area (Å²) >= 11 is 0. The molecule has 1 amide bonds. The van der Waals surface area contributed by atoms with Crippen molar-refractivity contribution in [2.45, 2.75) is 63.3 Å². The Morgan fingerprint density at radius 1 is 1.11 bits per heavy atom. The lowest BCUT2D eigenvalue weighted by molar-refractivity contribution is -0.124. The number of ether oxygens (including phenoxy) is 3. The number of carbonyl (C=O) groups is 1. The minimum absolute atomic E-state index is 0.0467. The van der Waals surface area contributed by atoms with Gasteiger partial charge in [-0.05, 0) is 26.7 Å². The molecule has 0 radical (unpaired) electrons. The zero-order valence-corrected chi connectivity index (χ0v) is 20.4. The van der Waals surface area contributed by atoms with E-state index in [1.807, 2.05) is 0 Å². The molecular formula is C24H27F5N4O4. The zero-order chi connectivity index (χ0) is 26.9. The molecular weight excluding hydrogens is 503 g/mol. The van der Waals surface area contributed by atoms with Gasteiger partial charge in [0, 0.05) is 5.56 Å². The number of alkyl halides is 4. The zero-order valence-electron chi connectivity index (χ0n) is 20.4. The Labute approximate surface area is 209 Å². The number of amides is 1. The maximum atomic E-state index is 14.8. The number of benzene rings is 1. The Hall–Kier alpha value is -3.06. The summed E-state index contributed by atoms with van der Waals surface area (Å²) in [5, 5.41) is 5.39.